The average molecular weight is 320 g/mol. The number of nitrogen functional groups attached to an aromatic ring is 1. The van der Waals surface area contributed by atoms with Gasteiger partial charge in [-0.25, -0.2) is 4.79 Å². The Labute approximate surface area is 135 Å². The van der Waals surface area contributed by atoms with Crippen molar-refractivity contribution in [2.45, 2.75) is 32.7 Å². The summed E-state index contributed by atoms with van der Waals surface area (Å²) in [5.74, 6) is 0.380. The van der Waals surface area contributed by atoms with Gasteiger partial charge in [-0.2, -0.15) is 5.26 Å². The quantitative estimate of drug-likeness (QED) is 0.683. The lowest BCUT2D eigenvalue weighted by atomic mass is 9.97. The Balaban J connectivity index is 2.28. The second-order valence-corrected chi connectivity index (χ2v) is 5.72. The molecule has 0 saturated carbocycles. The molecular formula is C15H20N4O2S. The van der Waals surface area contributed by atoms with Crippen LogP contribution in [0.1, 0.15) is 36.5 Å². The maximum absolute atomic E-state index is 12.1. The molecule has 1 aromatic heterocycles. The first-order valence-corrected chi connectivity index (χ1v) is 7.74. The first-order chi connectivity index (χ1) is 10.5. The zero-order valence-corrected chi connectivity index (χ0v) is 13.7. The molecular weight excluding hydrogens is 300 g/mol. The van der Waals surface area contributed by atoms with Gasteiger partial charge in [-0.05, 0) is 18.4 Å². The van der Waals surface area contributed by atoms with Gasteiger partial charge in [-0.3, -0.25) is 0 Å². The predicted octanol–water partition coefficient (Wildman–Crippen LogP) is 2.50. The molecule has 0 radical (unpaired) electrons. The largest absolute Gasteiger partial charge is 0.449 e. The van der Waals surface area contributed by atoms with E-state index in [1.54, 1.807) is 16.5 Å². The normalized spacial score (nSPS) is 13.4. The molecule has 0 aromatic carbocycles. The van der Waals surface area contributed by atoms with Gasteiger partial charge in [-0.1, -0.05) is 25.6 Å². The second-order valence-electron chi connectivity index (χ2n) is 5.33. The summed E-state index contributed by atoms with van der Waals surface area (Å²) in [7, 11) is 1.73. The maximum Gasteiger partial charge on any atom is 0.410 e. The van der Waals surface area contributed by atoms with Gasteiger partial charge in [0.15, 0.2) is 0 Å². The van der Waals surface area contributed by atoms with Gasteiger partial charge >= 0.3 is 6.09 Å². The number of carbonyl (C=O) groups is 1. The molecule has 0 spiro atoms. The SMILES string of the molecule is CCCCOC(=O)N1CCc2c(C#N)c(N)n(C)c(=S)c2C1. The van der Waals surface area contributed by atoms with Crippen LogP contribution in [0.3, 0.4) is 0 Å². The number of fused-ring (bicyclic) bond motifs is 1. The van der Waals surface area contributed by atoms with Crippen molar-refractivity contribution in [3.05, 3.63) is 21.3 Å². The van der Waals surface area contributed by atoms with Crippen molar-refractivity contribution < 1.29 is 9.53 Å². The lowest BCUT2D eigenvalue weighted by Gasteiger charge is -2.29. The fourth-order valence-corrected chi connectivity index (χ4v) is 2.83. The molecule has 0 atom stereocenters. The van der Waals surface area contributed by atoms with Crippen molar-refractivity contribution in [1.82, 2.24) is 9.47 Å². The smallest absolute Gasteiger partial charge is 0.410 e. The van der Waals surface area contributed by atoms with Gasteiger partial charge < -0.3 is 19.9 Å². The van der Waals surface area contributed by atoms with Gasteiger partial charge in [0.05, 0.1) is 18.7 Å². The molecule has 2 N–H and O–H groups in total. The van der Waals surface area contributed by atoms with Gasteiger partial charge in [0.2, 0.25) is 0 Å². The summed E-state index contributed by atoms with van der Waals surface area (Å²) in [6, 6.07) is 2.15. The Morgan fingerprint density at radius 2 is 2.23 bits per heavy atom. The number of hydrogen-bond acceptors (Lipinski definition) is 5. The van der Waals surface area contributed by atoms with E-state index in [4.69, 9.17) is 22.7 Å². The number of carbonyl (C=O) groups excluding carboxylic acids is 1. The molecule has 1 aliphatic heterocycles. The van der Waals surface area contributed by atoms with E-state index in [1.165, 1.54) is 0 Å². The molecule has 6 nitrogen and oxygen atoms in total. The van der Waals surface area contributed by atoms with Crippen LogP contribution in [0.25, 0.3) is 0 Å². The zero-order chi connectivity index (χ0) is 16.3. The molecule has 0 unspecified atom stereocenters. The van der Waals surface area contributed by atoms with E-state index in [2.05, 4.69) is 6.07 Å². The fourth-order valence-electron chi connectivity index (χ4n) is 2.55. The molecule has 2 rings (SSSR count). The van der Waals surface area contributed by atoms with Gasteiger partial charge in [-0.15, -0.1) is 0 Å². The summed E-state index contributed by atoms with van der Waals surface area (Å²) in [6.45, 7) is 3.34. The van der Waals surface area contributed by atoms with E-state index in [1.807, 2.05) is 6.92 Å². The summed E-state index contributed by atoms with van der Waals surface area (Å²) in [4.78, 5) is 13.7. The van der Waals surface area contributed by atoms with E-state index in [-0.39, 0.29) is 6.09 Å². The van der Waals surface area contributed by atoms with Crippen molar-refractivity contribution in [3.8, 4) is 6.07 Å². The van der Waals surface area contributed by atoms with Crippen molar-refractivity contribution >= 4 is 24.1 Å². The number of unbranched alkanes of at least 4 members (excludes halogenated alkanes) is 1. The van der Waals surface area contributed by atoms with Crippen LogP contribution in [-0.4, -0.2) is 28.7 Å². The molecule has 1 aliphatic rings. The van der Waals surface area contributed by atoms with Crippen LogP contribution in [0.5, 0.6) is 0 Å². The standard InChI is InChI=1S/C15H20N4O2S/c1-3-4-7-21-15(20)19-6-5-10-11(8-16)13(17)18(2)14(22)12(10)9-19/h3-7,9,17H2,1-2H3. The lowest BCUT2D eigenvalue weighted by Crippen LogP contribution is -2.37. The Morgan fingerprint density at radius 3 is 2.86 bits per heavy atom. The number of amides is 1. The summed E-state index contributed by atoms with van der Waals surface area (Å²) < 4.78 is 7.43. The molecule has 118 valence electrons. The van der Waals surface area contributed by atoms with Crippen molar-refractivity contribution in [2.24, 2.45) is 7.05 Å². The highest BCUT2D eigenvalue weighted by Gasteiger charge is 2.26. The topological polar surface area (TPSA) is 84.3 Å². The number of nitriles is 1. The predicted molar refractivity (Wildman–Crippen MR) is 85.7 cm³/mol. The molecule has 0 fully saturated rings. The van der Waals surface area contributed by atoms with Crippen LogP contribution in [0.2, 0.25) is 0 Å². The Bertz CT molecular complexity index is 690. The monoisotopic (exact) mass is 320 g/mol. The van der Waals surface area contributed by atoms with Gasteiger partial charge in [0.1, 0.15) is 16.5 Å². The highest BCUT2D eigenvalue weighted by molar-refractivity contribution is 7.71. The minimum absolute atomic E-state index is 0.327. The molecule has 0 aliphatic carbocycles. The Morgan fingerprint density at radius 1 is 1.50 bits per heavy atom. The van der Waals surface area contributed by atoms with Crippen molar-refractivity contribution in [3.63, 3.8) is 0 Å². The highest BCUT2D eigenvalue weighted by atomic mass is 32.1. The molecule has 1 aromatic rings. The van der Waals surface area contributed by atoms with E-state index >= 15 is 0 Å². The number of rotatable bonds is 3. The third kappa shape index (κ3) is 2.92. The maximum atomic E-state index is 12.1. The Hall–Kier alpha value is -2.07. The summed E-state index contributed by atoms with van der Waals surface area (Å²) in [6.07, 6.45) is 2.07. The number of nitrogens with zero attached hydrogens (tertiary/aromatic N) is 3. The summed E-state index contributed by atoms with van der Waals surface area (Å²) in [5, 5.41) is 9.33. The van der Waals surface area contributed by atoms with Crippen LogP contribution in [0.4, 0.5) is 10.6 Å². The number of ether oxygens (including phenoxy) is 1. The number of pyridine rings is 1. The van der Waals surface area contributed by atoms with Gasteiger partial charge in [0, 0.05) is 19.2 Å². The number of nitrogens with two attached hydrogens (primary N) is 1. The highest BCUT2D eigenvalue weighted by Crippen LogP contribution is 2.27. The van der Waals surface area contributed by atoms with Crippen molar-refractivity contribution in [1.29, 1.82) is 5.26 Å². The lowest BCUT2D eigenvalue weighted by molar-refractivity contribution is 0.0964. The molecule has 1 amide bonds. The van der Waals surface area contributed by atoms with E-state index < -0.39 is 0 Å². The summed E-state index contributed by atoms with van der Waals surface area (Å²) >= 11 is 5.42. The van der Waals surface area contributed by atoms with Crippen LogP contribution in [-0.2, 0) is 24.8 Å². The molecule has 0 saturated heterocycles. The first kappa shape index (κ1) is 16.3. The van der Waals surface area contributed by atoms with E-state index in [9.17, 15) is 10.1 Å². The van der Waals surface area contributed by atoms with Crippen LogP contribution >= 0.6 is 12.2 Å². The van der Waals surface area contributed by atoms with Crippen molar-refractivity contribution in [2.75, 3.05) is 18.9 Å². The number of anilines is 1. The second kappa shape index (κ2) is 6.79. The number of aromatic nitrogens is 1. The van der Waals surface area contributed by atoms with Crippen LogP contribution in [0.15, 0.2) is 0 Å². The fraction of sp³-hybridized carbons (Fsp3) is 0.533. The van der Waals surface area contributed by atoms with Crippen LogP contribution in [0, 0.1) is 16.0 Å². The third-order valence-corrected chi connectivity index (χ3v) is 4.44. The zero-order valence-electron chi connectivity index (χ0n) is 12.9. The Kier molecular flexibility index (Phi) is 5.03. The minimum Gasteiger partial charge on any atom is -0.449 e. The van der Waals surface area contributed by atoms with Gasteiger partial charge in [0.25, 0.3) is 0 Å². The third-order valence-electron chi connectivity index (χ3n) is 3.92. The first-order valence-electron chi connectivity index (χ1n) is 7.33. The molecule has 7 heteroatoms. The minimum atomic E-state index is -0.327. The number of hydrogen-bond donors (Lipinski definition) is 1. The molecule has 2 heterocycles. The summed E-state index contributed by atoms with van der Waals surface area (Å²) in [5.41, 5.74) is 8.11. The molecule has 0 bridgehead atoms. The van der Waals surface area contributed by atoms with Crippen LogP contribution < -0.4 is 5.73 Å². The molecule has 22 heavy (non-hydrogen) atoms. The van der Waals surface area contributed by atoms with E-state index in [0.717, 1.165) is 24.0 Å². The van der Waals surface area contributed by atoms with E-state index in [0.29, 0.717) is 42.1 Å². The average Bonchev–Trinajstić information content (AvgIpc) is 2.53.